The number of esters is 2. The van der Waals surface area contributed by atoms with Crippen molar-refractivity contribution in [2.45, 2.75) is 218 Å². The molecule has 15 heteroatoms. The molecule has 15 nitrogen and oxygen atoms in total. The van der Waals surface area contributed by atoms with Gasteiger partial charge in [-0.25, -0.2) is 0 Å². The number of cyclic esters (lactones) is 1. The van der Waals surface area contributed by atoms with E-state index in [2.05, 4.69) is 0 Å². The van der Waals surface area contributed by atoms with Crippen LogP contribution < -0.4 is 0 Å². The molecule has 18 unspecified atom stereocenters. The first kappa shape index (κ1) is 50.9. The Morgan fingerprint density at radius 2 is 1.52 bits per heavy atom. The molecule has 3 heterocycles. The topological polar surface area (TPSA) is 200 Å². The lowest BCUT2D eigenvalue weighted by Gasteiger charge is -2.49. The first-order chi connectivity index (χ1) is 27.9. The molecule has 0 bridgehead atoms. The molecule has 4 N–H and O–H groups in total. The molecule has 0 aromatic heterocycles. The summed E-state index contributed by atoms with van der Waals surface area (Å²) in [4.78, 5) is 44.0. The summed E-state index contributed by atoms with van der Waals surface area (Å²) in [5.41, 5.74) is -4.93. The van der Waals surface area contributed by atoms with E-state index in [4.69, 9.17) is 33.2 Å². The molecule has 0 radical (unpaired) electrons. The fourth-order valence-corrected chi connectivity index (χ4v) is 10.4. The van der Waals surface area contributed by atoms with Gasteiger partial charge in [-0.3, -0.25) is 14.4 Å². The molecule has 4 fully saturated rings. The van der Waals surface area contributed by atoms with E-state index in [0.717, 1.165) is 32.1 Å². The second-order valence-corrected chi connectivity index (χ2v) is 19.6. The lowest BCUT2D eigenvalue weighted by Crippen LogP contribution is -2.61. The third-order valence-corrected chi connectivity index (χ3v) is 14.3. The van der Waals surface area contributed by atoms with Crippen LogP contribution in [0.25, 0.3) is 0 Å². The summed E-state index contributed by atoms with van der Waals surface area (Å²) in [5.74, 6) is -4.99. The summed E-state index contributed by atoms with van der Waals surface area (Å²) in [6.07, 6.45) is -4.24. The zero-order valence-electron chi connectivity index (χ0n) is 38.6. The smallest absolute Gasteiger partial charge is 0.311 e. The van der Waals surface area contributed by atoms with Gasteiger partial charge in [0.2, 0.25) is 0 Å². The molecule has 0 amide bonds. The first-order valence-electron chi connectivity index (χ1n) is 22.5. The minimum absolute atomic E-state index is 0.0798. The number of hydrogen-bond acceptors (Lipinski definition) is 15. The van der Waals surface area contributed by atoms with Crippen LogP contribution in [0.4, 0.5) is 0 Å². The molecule has 4 rings (SSSR count). The maximum Gasteiger partial charge on any atom is 0.311 e. The van der Waals surface area contributed by atoms with Crippen LogP contribution in [-0.4, -0.2) is 149 Å². The van der Waals surface area contributed by atoms with Crippen molar-refractivity contribution >= 4 is 17.7 Å². The van der Waals surface area contributed by atoms with Crippen molar-refractivity contribution < 1.29 is 68.0 Å². The van der Waals surface area contributed by atoms with Crippen molar-refractivity contribution in [2.75, 3.05) is 21.2 Å². The van der Waals surface area contributed by atoms with Crippen molar-refractivity contribution in [1.29, 1.82) is 0 Å². The van der Waals surface area contributed by atoms with Gasteiger partial charge >= 0.3 is 11.9 Å². The van der Waals surface area contributed by atoms with Gasteiger partial charge in [-0.15, -0.1) is 0 Å². The van der Waals surface area contributed by atoms with Crippen LogP contribution >= 0.6 is 0 Å². The summed E-state index contributed by atoms with van der Waals surface area (Å²) < 4.78 is 44.4. The Morgan fingerprint density at radius 3 is 2.10 bits per heavy atom. The van der Waals surface area contributed by atoms with Crippen LogP contribution in [0.2, 0.25) is 0 Å². The van der Waals surface area contributed by atoms with E-state index in [0.29, 0.717) is 12.3 Å². The number of aliphatic hydroxyl groups excluding tert-OH is 2. The Balaban J connectivity index is 1.82. The van der Waals surface area contributed by atoms with Crippen LogP contribution in [-0.2, 0) is 47.5 Å². The number of carbonyl (C=O) groups is 3. The SMILES string of the molecule is CCC1OC(=O)C(C)C(OC2CC(C)(OC)C(O)C(C)O2)C(C)C(OC2OC(C)CC(N(C)C)C2OC(=O)CCC2CCCC2)C(C)(O)CC(C)C(=O)C(C)C(O)C1(C)O. The molecule has 0 aromatic carbocycles. The number of ether oxygens (including phenoxy) is 7. The van der Waals surface area contributed by atoms with Crippen LogP contribution in [0.15, 0.2) is 0 Å². The zero-order chi connectivity index (χ0) is 45.1. The molecule has 0 aromatic rings. The van der Waals surface area contributed by atoms with Crippen molar-refractivity contribution in [3.63, 3.8) is 0 Å². The fourth-order valence-electron chi connectivity index (χ4n) is 10.4. The summed E-state index contributed by atoms with van der Waals surface area (Å²) in [7, 11) is 5.29. The highest BCUT2D eigenvalue weighted by Gasteiger charge is 2.54. The van der Waals surface area contributed by atoms with Gasteiger partial charge < -0.3 is 58.5 Å². The summed E-state index contributed by atoms with van der Waals surface area (Å²) in [5, 5.41) is 46.9. The van der Waals surface area contributed by atoms with Crippen molar-refractivity contribution in [3.8, 4) is 0 Å². The van der Waals surface area contributed by atoms with E-state index in [-0.39, 0.29) is 43.8 Å². The predicted octanol–water partition coefficient (Wildman–Crippen LogP) is 4.31. The lowest BCUT2D eigenvalue weighted by molar-refractivity contribution is -0.319. The molecule has 1 saturated carbocycles. The summed E-state index contributed by atoms with van der Waals surface area (Å²) >= 11 is 0. The Kier molecular flexibility index (Phi) is 17.6. The van der Waals surface area contributed by atoms with Gasteiger partial charge in [0.1, 0.15) is 23.6 Å². The molecule has 18 atom stereocenters. The molecule has 3 aliphatic heterocycles. The van der Waals surface area contributed by atoms with E-state index in [1.807, 2.05) is 25.9 Å². The molecule has 3 saturated heterocycles. The number of nitrogens with zero attached hydrogens (tertiary/aromatic N) is 1. The standard InChI is InChI=1S/C45H79NO14/c1-14-32-45(10,53)38(49)26(4)35(48)24(2)22-43(8,52)40(27(5)36(28(6)41(51)57-32)59-34-23-44(9,54-13)39(50)29(7)56-34)60-42-37(31(46(11)12)21-25(3)55-42)58-33(47)20-19-30-17-15-16-18-30/h24-32,34,36-40,42,49-50,52-53H,14-23H2,1-13H3. The number of Topliss-reactive ketones (excluding diaryl/α,β-unsaturated/α-hetero) is 1. The van der Waals surface area contributed by atoms with Crippen LogP contribution in [0.3, 0.4) is 0 Å². The largest absolute Gasteiger partial charge is 0.459 e. The molecule has 1 aliphatic carbocycles. The number of ketones is 1. The number of carbonyl (C=O) groups excluding carboxylic acids is 3. The molecule has 348 valence electrons. The predicted molar refractivity (Wildman–Crippen MR) is 221 cm³/mol. The van der Waals surface area contributed by atoms with Crippen LogP contribution in [0, 0.1) is 29.6 Å². The monoisotopic (exact) mass is 858 g/mol. The average Bonchev–Trinajstić information content (AvgIpc) is 3.71. The van der Waals surface area contributed by atoms with E-state index >= 15 is 0 Å². The maximum absolute atomic E-state index is 14.3. The third kappa shape index (κ3) is 11.7. The lowest BCUT2D eigenvalue weighted by atomic mass is 9.74. The highest BCUT2D eigenvalue weighted by atomic mass is 16.7. The minimum atomic E-state index is -2.01. The van der Waals surface area contributed by atoms with E-state index < -0.39 is 108 Å². The maximum atomic E-state index is 14.3. The second-order valence-electron chi connectivity index (χ2n) is 19.6. The van der Waals surface area contributed by atoms with Crippen molar-refractivity contribution in [2.24, 2.45) is 29.6 Å². The van der Waals surface area contributed by atoms with Gasteiger partial charge in [-0.1, -0.05) is 53.4 Å². The van der Waals surface area contributed by atoms with Crippen molar-refractivity contribution in [3.05, 3.63) is 0 Å². The fraction of sp³-hybridized carbons (Fsp3) is 0.933. The number of hydrogen-bond donors (Lipinski definition) is 4. The average molecular weight is 858 g/mol. The van der Waals surface area contributed by atoms with Gasteiger partial charge in [0.25, 0.3) is 0 Å². The van der Waals surface area contributed by atoms with Gasteiger partial charge in [0.15, 0.2) is 18.7 Å². The van der Waals surface area contributed by atoms with E-state index in [1.54, 1.807) is 48.5 Å². The molecular weight excluding hydrogens is 778 g/mol. The Bertz CT molecular complexity index is 1420. The highest BCUT2D eigenvalue weighted by Crippen LogP contribution is 2.41. The first-order valence-corrected chi connectivity index (χ1v) is 22.5. The van der Waals surface area contributed by atoms with Gasteiger partial charge in [-0.2, -0.15) is 0 Å². The minimum Gasteiger partial charge on any atom is -0.459 e. The third-order valence-electron chi connectivity index (χ3n) is 14.3. The zero-order valence-corrected chi connectivity index (χ0v) is 38.6. The Morgan fingerprint density at radius 1 is 0.883 bits per heavy atom. The van der Waals surface area contributed by atoms with Gasteiger partial charge in [0.05, 0.1) is 53.7 Å². The molecular formula is C45H79NO14. The quantitative estimate of drug-likeness (QED) is 0.214. The normalized spacial score (nSPS) is 45.6. The second kappa shape index (κ2) is 20.8. The summed E-state index contributed by atoms with van der Waals surface area (Å²) in [6.45, 7) is 16.5. The van der Waals surface area contributed by atoms with Gasteiger partial charge in [-0.05, 0) is 87.2 Å². The Hall–Kier alpha value is -1.79. The molecule has 4 aliphatic rings. The number of rotatable bonds is 11. The van der Waals surface area contributed by atoms with Crippen molar-refractivity contribution in [1.82, 2.24) is 4.90 Å². The molecule has 0 spiro atoms. The van der Waals surface area contributed by atoms with E-state index in [1.165, 1.54) is 21.0 Å². The number of methoxy groups -OCH3 is 1. The van der Waals surface area contributed by atoms with E-state index in [9.17, 15) is 34.8 Å². The highest BCUT2D eigenvalue weighted by molar-refractivity contribution is 5.83. The van der Waals surface area contributed by atoms with Gasteiger partial charge in [0, 0.05) is 37.7 Å². The summed E-state index contributed by atoms with van der Waals surface area (Å²) in [6, 6.07) is -0.314. The molecule has 60 heavy (non-hydrogen) atoms. The number of likely N-dealkylation sites (N-methyl/N-ethyl adjacent to an activating group) is 1. The Labute approximate surface area is 358 Å². The van der Waals surface area contributed by atoms with Crippen LogP contribution in [0.1, 0.15) is 133 Å². The number of aliphatic hydroxyl groups is 4. The van der Waals surface area contributed by atoms with Crippen LogP contribution in [0.5, 0.6) is 0 Å².